The minimum atomic E-state index is -2.97. The lowest BCUT2D eigenvalue weighted by atomic mass is 10.2. The number of carboxylic acids is 1. The molecule has 0 aliphatic rings. The largest absolute Gasteiger partial charge is 0.478 e. The Morgan fingerprint density at radius 3 is 2.76 bits per heavy atom. The zero-order valence-corrected chi connectivity index (χ0v) is 11.1. The van der Waals surface area contributed by atoms with Crippen molar-refractivity contribution >= 4 is 29.1 Å². The zero-order valence-electron chi connectivity index (χ0n) is 10.4. The Morgan fingerprint density at radius 2 is 2.10 bits per heavy atom. The summed E-state index contributed by atoms with van der Waals surface area (Å²) in [5, 5.41) is 11.7. The third-order valence-electron chi connectivity index (χ3n) is 2.45. The van der Waals surface area contributed by atoms with Gasteiger partial charge >= 0.3 is 12.6 Å². The van der Waals surface area contributed by atoms with E-state index in [-0.39, 0.29) is 27.8 Å². The van der Waals surface area contributed by atoms with Crippen molar-refractivity contribution in [3.05, 3.63) is 47.1 Å². The van der Waals surface area contributed by atoms with Crippen LogP contribution in [-0.2, 0) is 0 Å². The van der Waals surface area contributed by atoms with E-state index in [1.54, 1.807) is 6.07 Å². The Labute approximate surface area is 123 Å². The highest BCUT2D eigenvalue weighted by atomic mass is 35.5. The summed E-state index contributed by atoms with van der Waals surface area (Å²) in [5.74, 6) is -1.16. The highest BCUT2D eigenvalue weighted by Gasteiger charge is 2.13. The van der Waals surface area contributed by atoms with E-state index in [0.717, 1.165) is 6.20 Å². The van der Waals surface area contributed by atoms with E-state index in [1.807, 2.05) is 0 Å². The molecule has 0 spiro atoms. The van der Waals surface area contributed by atoms with Crippen LogP contribution in [0.3, 0.4) is 0 Å². The summed E-state index contributed by atoms with van der Waals surface area (Å²) in [7, 11) is 0. The van der Waals surface area contributed by atoms with Crippen LogP contribution in [0.4, 0.5) is 20.3 Å². The van der Waals surface area contributed by atoms with Crippen LogP contribution in [0.25, 0.3) is 0 Å². The predicted octanol–water partition coefficient (Wildman–Crippen LogP) is 3.78. The third kappa shape index (κ3) is 3.79. The lowest BCUT2D eigenvalue weighted by Crippen LogP contribution is -2.05. The lowest BCUT2D eigenvalue weighted by molar-refractivity contribution is -0.0493. The van der Waals surface area contributed by atoms with Crippen molar-refractivity contribution in [2.24, 2.45) is 0 Å². The number of aromatic carboxylic acids is 1. The summed E-state index contributed by atoms with van der Waals surface area (Å²) >= 11 is 5.70. The predicted molar refractivity (Wildman–Crippen MR) is 72.6 cm³/mol. The van der Waals surface area contributed by atoms with E-state index in [0.29, 0.717) is 0 Å². The average molecular weight is 315 g/mol. The normalized spacial score (nSPS) is 10.5. The van der Waals surface area contributed by atoms with Gasteiger partial charge in [-0.15, -0.1) is 0 Å². The topological polar surface area (TPSA) is 71.5 Å². The van der Waals surface area contributed by atoms with Gasteiger partial charge in [0.05, 0.1) is 16.3 Å². The van der Waals surface area contributed by atoms with E-state index in [1.165, 1.54) is 24.3 Å². The Kier molecular flexibility index (Phi) is 4.54. The van der Waals surface area contributed by atoms with Crippen molar-refractivity contribution in [3.63, 3.8) is 0 Å². The fourth-order valence-corrected chi connectivity index (χ4v) is 1.76. The van der Waals surface area contributed by atoms with Gasteiger partial charge in [0, 0.05) is 6.20 Å². The number of halogens is 3. The molecule has 0 aliphatic heterocycles. The molecule has 0 fully saturated rings. The number of aromatic nitrogens is 1. The molecule has 0 saturated carbocycles. The van der Waals surface area contributed by atoms with Crippen LogP contribution in [0.15, 0.2) is 36.5 Å². The van der Waals surface area contributed by atoms with Crippen LogP contribution in [0.5, 0.6) is 5.75 Å². The smallest absolute Gasteiger partial charge is 0.387 e. The molecule has 110 valence electrons. The minimum absolute atomic E-state index is 0.0230. The molecule has 0 aliphatic carbocycles. The number of nitrogens with zero attached hydrogens (tertiary/aromatic N) is 1. The Bertz CT molecular complexity index is 668. The number of alkyl halides is 2. The van der Waals surface area contributed by atoms with Crippen LogP contribution < -0.4 is 10.1 Å². The van der Waals surface area contributed by atoms with E-state index in [9.17, 15) is 13.6 Å². The number of carbonyl (C=O) groups is 1. The monoisotopic (exact) mass is 314 g/mol. The first kappa shape index (κ1) is 15.0. The van der Waals surface area contributed by atoms with Gasteiger partial charge in [0.2, 0.25) is 0 Å². The molecule has 1 aromatic heterocycles. The maximum absolute atomic E-state index is 12.3. The maximum atomic E-state index is 12.3. The van der Waals surface area contributed by atoms with Gasteiger partial charge in [0.15, 0.2) is 0 Å². The molecule has 0 unspecified atom stereocenters. The summed E-state index contributed by atoms with van der Waals surface area (Å²) in [4.78, 5) is 14.9. The molecule has 21 heavy (non-hydrogen) atoms. The summed E-state index contributed by atoms with van der Waals surface area (Å²) in [6.07, 6.45) is 1.16. The molecule has 0 amide bonds. The summed E-state index contributed by atoms with van der Waals surface area (Å²) in [5.41, 5.74) is 0.0744. The quantitative estimate of drug-likeness (QED) is 0.878. The number of benzene rings is 1. The molecule has 5 nitrogen and oxygen atoms in total. The number of hydrogen-bond acceptors (Lipinski definition) is 4. The summed E-state index contributed by atoms with van der Waals surface area (Å²) in [6.45, 7) is -2.97. The van der Waals surface area contributed by atoms with Gasteiger partial charge in [-0.1, -0.05) is 23.7 Å². The number of para-hydroxylation sites is 2. The van der Waals surface area contributed by atoms with Crippen molar-refractivity contribution in [2.75, 3.05) is 5.32 Å². The lowest BCUT2D eigenvalue weighted by Gasteiger charge is -2.12. The first-order chi connectivity index (χ1) is 9.97. The molecule has 0 saturated heterocycles. The molecule has 2 rings (SSSR count). The Balaban J connectivity index is 2.30. The molecule has 1 heterocycles. The van der Waals surface area contributed by atoms with Crippen LogP contribution in [0, 0.1) is 0 Å². The van der Waals surface area contributed by atoms with Gasteiger partial charge in [-0.2, -0.15) is 8.78 Å². The number of hydrogen-bond donors (Lipinski definition) is 2. The summed E-state index contributed by atoms with van der Waals surface area (Å²) in [6, 6.07) is 7.18. The maximum Gasteiger partial charge on any atom is 0.387 e. The number of nitrogens with one attached hydrogen (secondary N) is 1. The van der Waals surface area contributed by atoms with E-state index in [4.69, 9.17) is 16.7 Å². The second-order valence-electron chi connectivity index (χ2n) is 3.85. The molecule has 0 atom stereocenters. The van der Waals surface area contributed by atoms with E-state index < -0.39 is 12.6 Å². The van der Waals surface area contributed by atoms with Crippen molar-refractivity contribution in [3.8, 4) is 5.75 Å². The van der Waals surface area contributed by atoms with E-state index in [2.05, 4.69) is 15.0 Å². The number of ether oxygens (including phenoxy) is 1. The minimum Gasteiger partial charge on any atom is -0.478 e. The van der Waals surface area contributed by atoms with Gasteiger partial charge in [-0.05, 0) is 18.2 Å². The fraction of sp³-hybridized carbons (Fsp3) is 0.0769. The van der Waals surface area contributed by atoms with Gasteiger partial charge < -0.3 is 15.2 Å². The second-order valence-corrected chi connectivity index (χ2v) is 4.26. The van der Waals surface area contributed by atoms with Gasteiger partial charge in [0.25, 0.3) is 0 Å². The molecular weight excluding hydrogens is 306 g/mol. The molecule has 1 aromatic carbocycles. The molecule has 0 radical (unpaired) electrons. The molecule has 2 N–H and O–H groups in total. The highest BCUT2D eigenvalue weighted by Crippen LogP contribution is 2.29. The highest BCUT2D eigenvalue weighted by molar-refractivity contribution is 6.33. The zero-order chi connectivity index (χ0) is 15.4. The Hall–Kier alpha value is -2.41. The Morgan fingerprint density at radius 1 is 1.38 bits per heavy atom. The first-order valence-electron chi connectivity index (χ1n) is 5.67. The average Bonchev–Trinajstić information content (AvgIpc) is 2.42. The number of anilines is 2. The standard InChI is InChI=1S/C13H9ClF2N2O3/c14-8-6-17-11(5-7(8)12(19)20)18-9-3-1-2-4-10(9)21-13(15)16/h1-6,13H,(H,17,18)(H,19,20). The molecule has 2 aromatic rings. The second kappa shape index (κ2) is 6.36. The van der Waals surface area contributed by atoms with Crippen molar-refractivity contribution in [1.82, 2.24) is 4.98 Å². The molecule has 8 heteroatoms. The van der Waals surface area contributed by atoms with Crippen molar-refractivity contribution in [1.29, 1.82) is 0 Å². The van der Waals surface area contributed by atoms with Gasteiger partial charge in [-0.25, -0.2) is 9.78 Å². The molecular formula is C13H9ClF2N2O3. The van der Waals surface area contributed by atoms with E-state index >= 15 is 0 Å². The third-order valence-corrected chi connectivity index (χ3v) is 2.75. The first-order valence-corrected chi connectivity index (χ1v) is 6.05. The van der Waals surface area contributed by atoms with Gasteiger partial charge in [0.1, 0.15) is 11.6 Å². The molecule has 0 bridgehead atoms. The van der Waals surface area contributed by atoms with Crippen LogP contribution in [-0.4, -0.2) is 22.7 Å². The van der Waals surface area contributed by atoms with Crippen molar-refractivity contribution < 1.29 is 23.4 Å². The van der Waals surface area contributed by atoms with Crippen molar-refractivity contribution in [2.45, 2.75) is 6.61 Å². The fourth-order valence-electron chi connectivity index (χ4n) is 1.58. The van der Waals surface area contributed by atoms with Crippen LogP contribution in [0.1, 0.15) is 10.4 Å². The van der Waals surface area contributed by atoms with Gasteiger partial charge in [-0.3, -0.25) is 0 Å². The summed E-state index contributed by atoms with van der Waals surface area (Å²) < 4.78 is 29.0. The number of rotatable bonds is 5. The SMILES string of the molecule is O=C(O)c1cc(Nc2ccccc2OC(F)F)ncc1Cl. The van der Waals surface area contributed by atoms with Crippen LogP contribution >= 0.6 is 11.6 Å². The van der Waals surface area contributed by atoms with Crippen LogP contribution in [0.2, 0.25) is 5.02 Å². The number of pyridine rings is 1. The number of carboxylic acid groups (broad SMARTS) is 1.